The van der Waals surface area contributed by atoms with Crippen LogP contribution in [0.1, 0.15) is 12.5 Å². The van der Waals surface area contributed by atoms with Gasteiger partial charge in [-0.25, -0.2) is 0 Å². The zero-order valence-electron chi connectivity index (χ0n) is 7.66. The van der Waals surface area contributed by atoms with Crippen LogP contribution in [-0.4, -0.2) is 5.91 Å². The molecule has 0 saturated carbocycles. The smallest absolute Gasteiger partial charge is 0.221 e. The number of rotatable bonds is 1. The van der Waals surface area contributed by atoms with Crippen molar-refractivity contribution in [1.82, 2.24) is 0 Å². The first-order valence-electron chi connectivity index (χ1n) is 4.00. The van der Waals surface area contributed by atoms with Gasteiger partial charge in [-0.2, -0.15) is 5.26 Å². The number of nitrogens with one attached hydrogen (secondary N) is 1. The molecule has 3 heteroatoms. The summed E-state index contributed by atoms with van der Waals surface area (Å²) < 4.78 is 0. The van der Waals surface area contributed by atoms with E-state index in [9.17, 15) is 4.79 Å². The Kier molecular flexibility index (Phi) is 3.29. The van der Waals surface area contributed by atoms with Crippen LogP contribution in [0.25, 0.3) is 0 Å². The van der Waals surface area contributed by atoms with Crippen LogP contribution in [-0.2, 0) is 4.79 Å². The second-order valence-corrected chi connectivity index (χ2v) is 2.62. The van der Waals surface area contributed by atoms with Crippen molar-refractivity contribution in [3.05, 3.63) is 29.8 Å². The molecule has 0 aliphatic rings. The molecule has 0 aliphatic carbocycles. The lowest BCUT2D eigenvalue weighted by molar-refractivity contribution is -0.114. The number of hydrogen-bond acceptors (Lipinski definition) is 2. The lowest BCUT2D eigenvalue weighted by Crippen LogP contribution is -2.05. The highest BCUT2D eigenvalue weighted by Gasteiger charge is 1.93. The van der Waals surface area contributed by atoms with E-state index in [0.717, 1.165) is 11.3 Å². The maximum absolute atomic E-state index is 10.7. The second kappa shape index (κ2) is 4.69. The van der Waals surface area contributed by atoms with E-state index in [2.05, 4.69) is 17.2 Å². The Labute approximate surface area is 82.4 Å². The van der Waals surface area contributed by atoms with E-state index in [0.29, 0.717) is 0 Å². The quantitative estimate of drug-likeness (QED) is 0.673. The van der Waals surface area contributed by atoms with Gasteiger partial charge in [0.2, 0.25) is 5.91 Å². The zero-order valence-corrected chi connectivity index (χ0v) is 7.66. The maximum Gasteiger partial charge on any atom is 0.221 e. The summed E-state index contributed by atoms with van der Waals surface area (Å²) in [6.07, 6.45) is 0. The molecule has 3 nitrogen and oxygen atoms in total. The van der Waals surface area contributed by atoms with Crippen molar-refractivity contribution >= 4 is 11.6 Å². The molecule has 0 spiro atoms. The van der Waals surface area contributed by atoms with Gasteiger partial charge in [-0.3, -0.25) is 4.79 Å². The summed E-state index contributed by atoms with van der Waals surface area (Å²) in [5.74, 6) is 4.83. The van der Waals surface area contributed by atoms with Gasteiger partial charge in [0.15, 0.2) is 6.07 Å². The maximum atomic E-state index is 10.7. The summed E-state index contributed by atoms with van der Waals surface area (Å²) in [5.41, 5.74) is 1.47. The van der Waals surface area contributed by atoms with Crippen LogP contribution in [0.5, 0.6) is 0 Å². The van der Waals surface area contributed by atoms with Gasteiger partial charge >= 0.3 is 0 Å². The minimum absolute atomic E-state index is 0.110. The average Bonchev–Trinajstić information content (AvgIpc) is 2.16. The van der Waals surface area contributed by atoms with Gasteiger partial charge < -0.3 is 5.32 Å². The fourth-order valence-corrected chi connectivity index (χ4v) is 0.940. The Morgan fingerprint density at radius 2 is 2.00 bits per heavy atom. The van der Waals surface area contributed by atoms with E-state index in [1.54, 1.807) is 30.3 Å². The number of carbonyl (C=O) groups is 1. The van der Waals surface area contributed by atoms with E-state index in [1.165, 1.54) is 6.92 Å². The molecular formula is C11H8N2O. The van der Waals surface area contributed by atoms with E-state index in [4.69, 9.17) is 5.26 Å². The number of benzene rings is 1. The highest BCUT2D eigenvalue weighted by molar-refractivity contribution is 5.88. The van der Waals surface area contributed by atoms with Crippen LogP contribution in [0.15, 0.2) is 24.3 Å². The average molecular weight is 184 g/mol. The molecule has 14 heavy (non-hydrogen) atoms. The van der Waals surface area contributed by atoms with Gasteiger partial charge in [-0.15, -0.1) is 0 Å². The molecule has 0 aromatic heterocycles. The first-order valence-corrected chi connectivity index (χ1v) is 4.00. The van der Waals surface area contributed by atoms with E-state index < -0.39 is 0 Å². The Bertz CT molecular complexity index is 429. The molecular weight excluding hydrogens is 176 g/mol. The number of amides is 1. The van der Waals surface area contributed by atoms with Crippen LogP contribution in [0.4, 0.5) is 5.69 Å². The molecule has 1 aromatic rings. The van der Waals surface area contributed by atoms with Crippen LogP contribution < -0.4 is 5.32 Å². The predicted octanol–water partition coefficient (Wildman–Crippen LogP) is 1.52. The Morgan fingerprint density at radius 1 is 1.36 bits per heavy atom. The molecule has 0 aliphatic heterocycles. The summed E-state index contributed by atoms with van der Waals surface area (Å²) in [6, 6.07) is 8.70. The number of nitrogens with zero attached hydrogens (tertiary/aromatic N) is 1. The van der Waals surface area contributed by atoms with Crippen molar-refractivity contribution in [1.29, 1.82) is 5.26 Å². The summed E-state index contributed by atoms with van der Waals surface area (Å²) in [5, 5.41) is 10.9. The van der Waals surface area contributed by atoms with Crippen molar-refractivity contribution in [3.63, 3.8) is 0 Å². The highest BCUT2D eigenvalue weighted by Crippen LogP contribution is 2.08. The first-order chi connectivity index (χ1) is 6.72. The Balaban J connectivity index is 2.79. The molecule has 0 saturated heterocycles. The molecule has 0 bridgehead atoms. The van der Waals surface area contributed by atoms with Gasteiger partial charge in [-0.05, 0) is 24.3 Å². The van der Waals surface area contributed by atoms with E-state index >= 15 is 0 Å². The van der Waals surface area contributed by atoms with Crippen LogP contribution in [0.3, 0.4) is 0 Å². The normalized spacial score (nSPS) is 8.00. The topological polar surface area (TPSA) is 52.9 Å². The molecule has 0 fully saturated rings. The lowest BCUT2D eigenvalue weighted by atomic mass is 10.2. The van der Waals surface area contributed by atoms with Gasteiger partial charge in [0.25, 0.3) is 0 Å². The van der Waals surface area contributed by atoms with Gasteiger partial charge in [0.1, 0.15) is 0 Å². The number of nitriles is 1. The van der Waals surface area contributed by atoms with Crippen LogP contribution in [0, 0.1) is 23.2 Å². The lowest BCUT2D eigenvalue weighted by Gasteiger charge is -2.00. The van der Waals surface area contributed by atoms with Crippen molar-refractivity contribution < 1.29 is 4.79 Å². The third kappa shape index (κ3) is 3.00. The van der Waals surface area contributed by atoms with Crippen molar-refractivity contribution in [3.8, 4) is 17.9 Å². The van der Waals surface area contributed by atoms with Crippen LogP contribution in [0.2, 0.25) is 0 Å². The van der Waals surface area contributed by atoms with Crippen molar-refractivity contribution in [2.75, 3.05) is 5.32 Å². The predicted molar refractivity (Wildman–Crippen MR) is 53.2 cm³/mol. The monoisotopic (exact) mass is 184 g/mol. The third-order valence-electron chi connectivity index (χ3n) is 1.47. The number of hydrogen-bond donors (Lipinski definition) is 1. The van der Waals surface area contributed by atoms with Gasteiger partial charge in [-0.1, -0.05) is 5.92 Å². The largest absolute Gasteiger partial charge is 0.326 e. The molecule has 68 valence electrons. The minimum Gasteiger partial charge on any atom is -0.326 e. The molecule has 1 aromatic carbocycles. The van der Waals surface area contributed by atoms with E-state index in [-0.39, 0.29) is 5.91 Å². The Morgan fingerprint density at radius 3 is 2.50 bits per heavy atom. The molecule has 0 heterocycles. The molecule has 1 amide bonds. The van der Waals surface area contributed by atoms with Gasteiger partial charge in [0, 0.05) is 24.1 Å². The van der Waals surface area contributed by atoms with Crippen LogP contribution >= 0.6 is 0 Å². The number of anilines is 1. The van der Waals surface area contributed by atoms with Crippen molar-refractivity contribution in [2.24, 2.45) is 0 Å². The third-order valence-corrected chi connectivity index (χ3v) is 1.47. The molecule has 1 rings (SSSR count). The van der Waals surface area contributed by atoms with Crippen molar-refractivity contribution in [2.45, 2.75) is 6.92 Å². The highest BCUT2D eigenvalue weighted by atomic mass is 16.1. The summed E-state index contributed by atoms with van der Waals surface area (Å²) in [7, 11) is 0. The summed E-state index contributed by atoms with van der Waals surface area (Å²) in [6.45, 7) is 1.45. The standard InChI is InChI=1S/C11H8N2O/c1-9(14)13-11-6-4-10(5-7-11)3-2-8-12/h4-7H,1H3,(H,13,14). The SMILES string of the molecule is CC(=O)Nc1ccc(C#CC#N)cc1. The molecule has 0 atom stereocenters. The summed E-state index contributed by atoms with van der Waals surface area (Å²) in [4.78, 5) is 10.7. The molecule has 1 N–H and O–H groups in total. The molecule has 0 unspecified atom stereocenters. The van der Waals surface area contributed by atoms with E-state index in [1.807, 2.05) is 0 Å². The number of carbonyl (C=O) groups excluding carboxylic acids is 1. The molecule has 0 radical (unpaired) electrons. The van der Waals surface area contributed by atoms with Gasteiger partial charge in [0.05, 0.1) is 0 Å². The summed E-state index contributed by atoms with van der Waals surface area (Å²) >= 11 is 0. The minimum atomic E-state index is -0.110. The second-order valence-electron chi connectivity index (χ2n) is 2.62. The first kappa shape index (κ1) is 9.83. The fraction of sp³-hybridized carbons (Fsp3) is 0.0909. The fourth-order valence-electron chi connectivity index (χ4n) is 0.940. The zero-order chi connectivity index (χ0) is 10.4. The Hall–Kier alpha value is -2.26.